The number of amides is 4. The van der Waals surface area contributed by atoms with Gasteiger partial charge in [0.15, 0.2) is 0 Å². The van der Waals surface area contributed by atoms with Gasteiger partial charge < -0.3 is 42.6 Å². The largest absolute Gasteiger partial charge is 0.481 e. The van der Waals surface area contributed by atoms with Crippen LogP contribution in [0.5, 0.6) is 0 Å². The van der Waals surface area contributed by atoms with Crippen LogP contribution in [0.2, 0.25) is 0 Å². The summed E-state index contributed by atoms with van der Waals surface area (Å²) in [5.74, 6) is -6.76. The number of nitrogens with two attached hydrogens (primary N) is 2. The van der Waals surface area contributed by atoms with Crippen molar-refractivity contribution in [3.63, 3.8) is 0 Å². The maximum Gasteiger partial charge on any atom is 0.326 e. The molecule has 1 aromatic heterocycles. The highest BCUT2D eigenvalue weighted by molar-refractivity contribution is 5.97. The van der Waals surface area contributed by atoms with Crippen molar-refractivity contribution in [2.75, 3.05) is 0 Å². The van der Waals surface area contributed by atoms with Crippen molar-refractivity contribution in [1.29, 1.82) is 0 Å². The number of H-pyrrole nitrogens is 1. The molecule has 1 aromatic carbocycles. The van der Waals surface area contributed by atoms with Gasteiger partial charge >= 0.3 is 11.9 Å². The minimum absolute atomic E-state index is 0.131. The second-order valence-electron chi connectivity index (χ2n) is 8.14. The van der Waals surface area contributed by atoms with E-state index in [9.17, 15) is 39.0 Å². The first kappa shape index (κ1) is 27.8. The van der Waals surface area contributed by atoms with Gasteiger partial charge in [-0.3, -0.25) is 24.0 Å². The number of primary amides is 1. The van der Waals surface area contributed by atoms with Crippen LogP contribution in [0.3, 0.4) is 0 Å². The molecule has 0 aliphatic rings. The molecule has 0 aliphatic carbocycles. The molecule has 4 amide bonds. The third-order valence-corrected chi connectivity index (χ3v) is 5.18. The highest BCUT2D eigenvalue weighted by Crippen LogP contribution is 2.19. The Morgan fingerprint density at radius 2 is 1.44 bits per heavy atom. The molecule has 0 saturated heterocycles. The van der Waals surface area contributed by atoms with E-state index in [1.165, 1.54) is 6.92 Å². The minimum atomic E-state index is -1.72. The van der Waals surface area contributed by atoms with Gasteiger partial charge in [0.2, 0.25) is 23.6 Å². The van der Waals surface area contributed by atoms with Crippen LogP contribution in [-0.2, 0) is 35.2 Å². The number of aromatic amines is 1. The molecule has 0 spiro atoms. The van der Waals surface area contributed by atoms with Gasteiger partial charge in [-0.25, -0.2) is 4.79 Å². The highest BCUT2D eigenvalue weighted by Gasteiger charge is 2.32. The molecule has 36 heavy (non-hydrogen) atoms. The molecule has 2 rings (SSSR count). The summed E-state index contributed by atoms with van der Waals surface area (Å²) in [6.07, 6.45) is -0.0854. The topological polar surface area (TPSA) is 247 Å². The third kappa shape index (κ3) is 7.80. The van der Waals surface area contributed by atoms with Crippen molar-refractivity contribution in [1.82, 2.24) is 20.9 Å². The van der Waals surface area contributed by atoms with Crippen molar-refractivity contribution in [3.05, 3.63) is 36.0 Å². The molecule has 0 saturated carbocycles. The monoisotopic (exact) mass is 504 g/mol. The van der Waals surface area contributed by atoms with Crippen LogP contribution in [-0.4, -0.2) is 74.9 Å². The molecular weight excluding hydrogens is 476 g/mol. The van der Waals surface area contributed by atoms with Crippen LogP contribution < -0.4 is 27.4 Å². The molecule has 0 fully saturated rings. The lowest BCUT2D eigenvalue weighted by Gasteiger charge is -2.23. The zero-order valence-electron chi connectivity index (χ0n) is 19.3. The molecular formula is C22H28N6O8. The standard InChI is InChI=1S/C22H28N6O8/c1-10(23)19(32)26-14(7-17(24)29)20(33)27-15(8-18(30)31)21(34)28-16(22(35)36)6-11-9-25-13-5-3-2-4-12(11)13/h2-5,9-10,14-16,25H,6-8,23H2,1H3,(H2,24,29)(H,26,32)(H,27,33)(H,28,34)(H,30,31)(H,35,36). The first-order valence-corrected chi connectivity index (χ1v) is 10.8. The average Bonchev–Trinajstić information content (AvgIpc) is 3.19. The molecule has 4 unspecified atom stereocenters. The van der Waals surface area contributed by atoms with E-state index in [0.29, 0.717) is 5.56 Å². The van der Waals surface area contributed by atoms with E-state index in [0.717, 1.165) is 10.9 Å². The van der Waals surface area contributed by atoms with Gasteiger partial charge in [0.25, 0.3) is 0 Å². The van der Waals surface area contributed by atoms with Gasteiger partial charge in [-0.2, -0.15) is 0 Å². The van der Waals surface area contributed by atoms with E-state index in [1.807, 2.05) is 0 Å². The summed E-state index contributed by atoms with van der Waals surface area (Å²) < 4.78 is 0. The van der Waals surface area contributed by atoms with Crippen molar-refractivity contribution in [2.24, 2.45) is 11.5 Å². The van der Waals surface area contributed by atoms with E-state index in [2.05, 4.69) is 20.9 Å². The molecule has 4 atom stereocenters. The fourth-order valence-electron chi connectivity index (χ4n) is 3.36. The van der Waals surface area contributed by atoms with Gasteiger partial charge in [-0.1, -0.05) is 18.2 Å². The lowest BCUT2D eigenvalue weighted by Crippen LogP contribution is -2.58. The van der Waals surface area contributed by atoms with Gasteiger partial charge in [-0.05, 0) is 18.6 Å². The van der Waals surface area contributed by atoms with E-state index in [1.54, 1.807) is 30.5 Å². The zero-order chi connectivity index (χ0) is 27.0. The summed E-state index contributed by atoms with van der Waals surface area (Å²) in [4.78, 5) is 74.9. The molecule has 14 heteroatoms. The Morgan fingerprint density at radius 1 is 0.889 bits per heavy atom. The molecule has 0 radical (unpaired) electrons. The number of hydrogen-bond donors (Lipinski definition) is 8. The Kier molecular flexibility index (Phi) is 9.50. The average molecular weight is 505 g/mol. The van der Waals surface area contributed by atoms with Crippen molar-refractivity contribution >= 4 is 46.5 Å². The van der Waals surface area contributed by atoms with E-state index in [-0.39, 0.29) is 6.42 Å². The number of aliphatic carboxylic acids is 2. The van der Waals surface area contributed by atoms with Crippen molar-refractivity contribution < 1.29 is 39.0 Å². The first-order chi connectivity index (χ1) is 16.9. The summed E-state index contributed by atoms with van der Waals surface area (Å²) in [7, 11) is 0. The fraction of sp³-hybridized carbons (Fsp3) is 0.364. The lowest BCUT2D eigenvalue weighted by molar-refractivity contribution is -0.143. The van der Waals surface area contributed by atoms with Gasteiger partial charge in [0.05, 0.1) is 18.9 Å². The molecule has 1 heterocycles. The normalized spacial score (nSPS) is 14.2. The summed E-state index contributed by atoms with van der Waals surface area (Å²) in [6.45, 7) is 1.33. The second kappa shape index (κ2) is 12.3. The predicted molar refractivity (Wildman–Crippen MR) is 125 cm³/mol. The molecule has 194 valence electrons. The van der Waals surface area contributed by atoms with Gasteiger partial charge in [0, 0.05) is 23.5 Å². The fourth-order valence-corrected chi connectivity index (χ4v) is 3.36. The Hall–Kier alpha value is -4.46. The lowest BCUT2D eigenvalue weighted by atomic mass is 10.0. The Labute approximate surface area is 204 Å². The first-order valence-electron chi connectivity index (χ1n) is 10.8. The van der Waals surface area contributed by atoms with E-state index < -0.39 is 72.6 Å². The van der Waals surface area contributed by atoms with E-state index in [4.69, 9.17) is 11.5 Å². The SMILES string of the molecule is CC(N)C(=O)NC(CC(N)=O)C(=O)NC(CC(=O)O)C(=O)NC(Cc1c[nH]c2ccccc12)C(=O)O. The predicted octanol–water partition coefficient (Wildman–Crippen LogP) is -2.05. The minimum Gasteiger partial charge on any atom is -0.481 e. The summed E-state index contributed by atoms with van der Waals surface area (Å²) >= 11 is 0. The Morgan fingerprint density at radius 3 is 2.00 bits per heavy atom. The number of hydrogen-bond acceptors (Lipinski definition) is 7. The smallest absolute Gasteiger partial charge is 0.326 e. The van der Waals surface area contributed by atoms with Crippen molar-refractivity contribution in [2.45, 2.75) is 50.4 Å². The third-order valence-electron chi connectivity index (χ3n) is 5.18. The summed E-state index contributed by atoms with van der Waals surface area (Å²) in [5, 5.41) is 26.2. The summed E-state index contributed by atoms with van der Waals surface area (Å²) in [6, 6.07) is 1.37. The quantitative estimate of drug-likeness (QED) is 0.149. The number of aromatic nitrogens is 1. The number of carboxylic acids is 2. The maximum atomic E-state index is 12.8. The number of carbonyl (C=O) groups excluding carboxylic acids is 4. The van der Waals surface area contributed by atoms with Gasteiger partial charge in [-0.15, -0.1) is 0 Å². The number of nitrogens with one attached hydrogen (secondary N) is 4. The molecule has 2 aromatic rings. The number of benzene rings is 1. The van der Waals surface area contributed by atoms with Crippen LogP contribution in [0, 0.1) is 0 Å². The molecule has 0 bridgehead atoms. The number of para-hydroxylation sites is 1. The van der Waals surface area contributed by atoms with Crippen LogP contribution >= 0.6 is 0 Å². The second-order valence-corrected chi connectivity index (χ2v) is 8.14. The zero-order valence-corrected chi connectivity index (χ0v) is 19.3. The number of rotatable bonds is 13. The molecule has 10 N–H and O–H groups in total. The number of fused-ring (bicyclic) bond motifs is 1. The molecule has 0 aliphatic heterocycles. The maximum absolute atomic E-state index is 12.8. The van der Waals surface area contributed by atoms with Crippen molar-refractivity contribution in [3.8, 4) is 0 Å². The number of carbonyl (C=O) groups is 6. The Balaban J connectivity index is 2.20. The Bertz CT molecular complexity index is 1160. The van der Waals surface area contributed by atoms with Crippen LogP contribution in [0.15, 0.2) is 30.5 Å². The van der Waals surface area contributed by atoms with Gasteiger partial charge in [0.1, 0.15) is 18.1 Å². The summed E-state index contributed by atoms with van der Waals surface area (Å²) in [5.41, 5.74) is 11.9. The van der Waals surface area contributed by atoms with Crippen LogP contribution in [0.4, 0.5) is 0 Å². The highest BCUT2D eigenvalue weighted by atomic mass is 16.4. The number of carboxylic acid groups (broad SMARTS) is 2. The van der Waals surface area contributed by atoms with Crippen LogP contribution in [0.25, 0.3) is 10.9 Å². The van der Waals surface area contributed by atoms with E-state index >= 15 is 0 Å². The molecule has 14 nitrogen and oxygen atoms in total. The van der Waals surface area contributed by atoms with Crippen LogP contribution in [0.1, 0.15) is 25.3 Å².